The second kappa shape index (κ2) is 4.61. The van der Waals surface area contributed by atoms with Gasteiger partial charge in [-0.15, -0.1) is 0 Å². The van der Waals surface area contributed by atoms with E-state index in [4.69, 9.17) is 5.26 Å². The molecule has 96 valence electrons. The third kappa shape index (κ3) is 2.50. The van der Waals surface area contributed by atoms with Gasteiger partial charge in [-0.2, -0.15) is 18.4 Å². The van der Waals surface area contributed by atoms with E-state index in [1.54, 1.807) is 6.07 Å². The Hall–Kier alpha value is -2.55. The summed E-state index contributed by atoms with van der Waals surface area (Å²) in [5.41, 5.74) is -0.882. The summed E-state index contributed by atoms with van der Waals surface area (Å²) in [6.45, 7) is 0. The molecule has 0 unspecified atom stereocenters. The fourth-order valence-electron chi connectivity index (χ4n) is 1.66. The van der Waals surface area contributed by atoms with Gasteiger partial charge in [-0.25, -0.2) is 0 Å². The van der Waals surface area contributed by atoms with Crippen LogP contribution in [0, 0.1) is 11.3 Å². The fraction of sp³-hybridized carbons (Fsp3) is 0.0769. The molecule has 0 aliphatic rings. The lowest BCUT2D eigenvalue weighted by Gasteiger charge is -2.12. The van der Waals surface area contributed by atoms with Gasteiger partial charge in [-0.1, -0.05) is 6.07 Å². The molecule has 2 rings (SSSR count). The van der Waals surface area contributed by atoms with Gasteiger partial charge in [0.2, 0.25) is 0 Å². The number of phenols is 1. The molecule has 0 bridgehead atoms. The SMILES string of the molecule is N#Cc1cc(-c2cnccc2C(F)(F)F)ccc1O. The highest BCUT2D eigenvalue weighted by Gasteiger charge is 2.33. The maximum Gasteiger partial charge on any atom is 0.417 e. The number of alkyl halides is 3. The Kier molecular flexibility index (Phi) is 3.13. The summed E-state index contributed by atoms with van der Waals surface area (Å²) < 4.78 is 38.6. The quantitative estimate of drug-likeness (QED) is 0.859. The van der Waals surface area contributed by atoms with Crippen molar-refractivity contribution in [2.24, 2.45) is 0 Å². The summed E-state index contributed by atoms with van der Waals surface area (Å²) in [4.78, 5) is 3.67. The minimum atomic E-state index is -4.51. The number of phenolic OH excluding ortho intramolecular Hbond substituents is 1. The van der Waals surface area contributed by atoms with Crippen LogP contribution >= 0.6 is 0 Å². The second-order valence-corrected chi connectivity index (χ2v) is 3.76. The molecule has 1 aromatic carbocycles. The van der Waals surface area contributed by atoms with Crippen molar-refractivity contribution in [3.8, 4) is 22.9 Å². The first-order valence-corrected chi connectivity index (χ1v) is 5.18. The highest BCUT2D eigenvalue weighted by atomic mass is 19.4. The van der Waals surface area contributed by atoms with Crippen molar-refractivity contribution < 1.29 is 18.3 Å². The Balaban J connectivity index is 2.64. The van der Waals surface area contributed by atoms with Crippen LogP contribution in [0.25, 0.3) is 11.1 Å². The van der Waals surface area contributed by atoms with Gasteiger partial charge in [0.05, 0.1) is 11.1 Å². The third-order valence-corrected chi connectivity index (χ3v) is 2.55. The smallest absolute Gasteiger partial charge is 0.417 e. The number of pyridine rings is 1. The molecule has 19 heavy (non-hydrogen) atoms. The Labute approximate surface area is 106 Å². The molecule has 0 spiro atoms. The predicted octanol–water partition coefficient (Wildman–Crippen LogP) is 3.34. The molecule has 3 nitrogen and oxygen atoms in total. The molecule has 2 aromatic rings. The van der Waals surface area contributed by atoms with Crippen molar-refractivity contribution in [1.82, 2.24) is 4.98 Å². The number of halogens is 3. The highest BCUT2D eigenvalue weighted by molar-refractivity contribution is 5.70. The average Bonchev–Trinajstić information content (AvgIpc) is 2.38. The molecule has 0 saturated carbocycles. The normalized spacial score (nSPS) is 11.1. The first-order valence-electron chi connectivity index (χ1n) is 5.18. The summed E-state index contributed by atoms with van der Waals surface area (Å²) in [5.74, 6) is -0.274. The van der Waals surface area contributed by atoms with E-state index >= 15 is 0 Å². The van der Waals surface area contributed by atoms with Crippen molar-refractivity contribution >= 4 is 0 Å². The number of nitriles is 1. The van der Waals surface area contributed by atoms with Crippen LogP contribution in [-0.4, -0.2) is 10.1 Å². The molecule has 0 amide bonds. The van der Waals surface area contributed by atoms with Gasteiger partial charge in [0.1, 0.15) is 11.8 Å². The van der Waals surface area contributed by atoms with Gasteiger partial charge in [-0.05, 0) is 23.8 Å². The topological polar surface area (TPSA) is 56.9 Å². The summed E-state index contributed by atoms with van der Waals surface area (Å²) >= 11 is 0. The Morgan fingerprint density at radius 1 is 1.21 bits per heavy atom. The molecular weight excluding hydrogens is 257 g/mol. The second-order valence-electron chi connectivity index (χ2n) is 3.76. The van der Waals surface area contributed by atoms with Crippen LogP contribution < -0.4 is 0 Å². The molecule has 0 radical (unpaired) electrons. The average molecular weight is 264 g/mol. The van der Waals surface area contributed by atoms with Gasteiger partial charge in [0, 0.05) is 18.0 Å². The summed E-state index contributed by atoms with van der Waals surface area (Å²) in [6.07, 6.45) is -2.38. The lowest BCUT2D eigenvalue weighted by atomic mass is 9.99. The standard InChI is InChI=1S/C13H7F3N2O/c14-13(15,16)11-3-4-18-7-10(11)8-1-2-12(19)9(5-8)6-17/h1-5,7,19H. The lowest BCUT2D eigenvalue weighted by molar-refractivity contribution is -0.137. The molecular formula is C13H7F3N2O. The van der Waals surface area contributed by atoms with Crippen molar-refractivity contribution in [3.05, 3.63) is 47.8 Å². The molecule has 6 heteroatoms. The van der Waals surface area contributed by atoms with Crippen LogP contribution in [0.15, 0.2) is 36.7 Å². The molecule has 0 fully saturated rings. The number of hydrogen-bond donors (Lipinski definition) is 1. The van der Waals surface area contributed by atoms with Crippen molar-refractivity contribution in [2.45, 2.75) is 6.18 Å². The molecule has 0 saturated heterocycles. The monoisotopic (exact) mass is 264 g/mol. The van der Waals surface area contributed by atoms with E-state index < -0.39 is 11.7 Å². The number of aromatic nitrogens is 1. The number of hydrogen-bond acceptors (Lipinski definition) is 3. The summed E-state index contributed by atoms with van der Waals surface area (Å²) in [6, 6.07) is 6.27. The zero-order chi connectivity index (χ0) is 14.0. The molecule has 1 N–H and O–H groups in total. The van der Waals surface area contributed by atoms with E-state index in [0.717, 1.165) is 18.5 Å². The number of rotatable bonds is 1. The van der Waals surface area contributed by atoms with Crippen LogP contribution in [0.4, 0.5) is 13.2 Å². The largest absolute Gasteiger partial charge is 0.507 e. The maximum absolute atomic E-state index is 12.9. The summed E-state index contributed by atoms with van der Waals surface area (Å²) in [5, 5.41) is 18.1. The van der Waals surface area contributed by atoms with Crippen molar-refractivity contribution in [2.75, 3.05) is 0 Å². The first kappa shape index (κ1) is 12.9. The van der Waals surface area contributed by atoms with Crippen LogP contribution in [0.3, 0.4) is 0 Å². The molecule has 1 aromatic heterocycles. The lowest BCUT2D eigenvalue weighted by Crippen LogP contribution is -2.07. The fourth-order valence-corrected chi connectivity index (χ4v) is 1.66. The zero-order valence-electron chi connectivity index (χ0n) is 9.44. The minimum Gasteiger partial charge on any atom is -0.507 e. The number of benzene rings is 1. The Morgan fingerprint density at radius 3 is 2.58 bits per heavy atom. The van der Waals surface area contributed by atoms with Crippen LogP contribution in [0.1, 0.15) is 11.1 Å². The third-order valence-electron chi connectivity index (χ3n) is 2.55. The van der Waals surface area contributed by atoms with Crippen molar-refractivity contribution in [1.29, 1.82) is 5.26 Å². The van der Waals surface area contributed by atoms with Gasteiger partial charge < -0.3 is 5.11 Å². The molecule has 1 heterocycles. The molecule has 0 aliphatic heterocycles. The van der Waals surface area contributed by atoms with Gasteiger partial charge in [0.15, 0.2) is 0 Å². The minimum absolute atomic E-state index is 0.0884. The van der Waals surface area contributed by atoms with Crippen LogP contribution in [-0.2, 0) is 6.18 Å². The maximum atomic E-state index is 12.9. The highest BCUT2D eigenvalue weighted by Crippen LogP contribution is 2.37. The Morgan fingerprint density at radius 2 is 1.95 bits per heavy atom. The van der Waals surface area contributed by atoms with E-state index in [1.165, 1.54) is 18.2 Å². The van der Waals surface area contributed by atoms with Gasteiger partial charge in [0.25, 0.3) is 0 Å². The van der Waals surface area contributed by atoms with E-state index in [-0.39, 0.29) is 22.4 Å². The zero-order valence-corrected chi connectivity index (χ0v) is 9.44. The van der Waals surface area contributed by atoms with E-state index in [0.29, 0.717) is 0 Å². The van der Waals surface area contributed by atoms with E-state index in [9.17, 15) is 18.3 Å². The first-order chi connectivity index (χ1) is 8.93. The summed E-state index contributed by atoms with van der Waals surface area (Å²) in [7, 11) is 0. The van der Waals surface area contributed by atoms with Crippen molar-refractivity contribution in [3.63, 3.8) is 0 Å². The van der Waals surface area contributed by atoms with E-state index in [2.05, 4.69) is 4.98 Å². The molecule has 0 atom stereocenters. The predicted molar refractivity (Wildman–Crippen MR) is 61.1 cm³/mol. The van der Waals surface area contributed by atoms with E-state index in [1.807, 2.05) is 0 Å². The Bertz CT molecular complexity index is 660. The van der Waals surface area contributed by atoms with Gasteiger partial charge >= 0.3 is 6.18 Å². The van der Waals surface area contributed by atoms with Crippen LogP contribution in [0.5, 0.6) is 5.75 Å². The molecule has 0 aliphatic carbocycles. The van der Waals surface area contributed by atoms with Gasteiger partial charge in [-0.3, -0.25) is 4.98 Å². The number of aromatic hydroxyl groups is 1. The number of nitrogens with zero attached hydrogens (tertiary/aromatic N) is 2. The van der Waals surface area contributed by atoms with Crippen LogP contribution in [0.2, 0.25) is 0 Å².